The van der Waals surface area contributed by atoms with Crippen molar-refractivity contribution in [2.24, 2.45) is 0 Å². The van der Waals surface area contributed by atoms with Crippen LogP contribution in [-0.4, -0.2) is 21.0 Å². The van der Waals surface area contributed by atoms with Crippen LogP contribution in [0, 0.1) is 0 Å². The van der Waals surface area contributed by atoms with Crippen LogP contribution < -0.4 is 5.73 Å². The van der Waals surface area contributed by atoms with Crippen LogP contribution in [0.4, 0.5) is 5.95 Å². The van der Waals surface area contributed by atoms with Crippen LogP contribution in [0.25, 0.3) is 0 Å². The Morgan fingerprint density at radius 2 is 2.45 bits per heavy atom. The summed E-state index contributed by atoms with van der Waals surface area (Å²) < 4.78 is 0. The second kappa shape index (κ2) is 3.14. The Bertz CT molecular complexity index is 255. The van der Waals surface area contributed by atoms with Crippen molar-refractivity contribution in [2.45, 2.75) is 19.8 Å². The van der Waals surface area contributed by atoms with Crippen LogP contribution in [0.5, 0.6) is 0 Å². The number of hydrogen-bond donors (Lipinski definition) is 2. The fourth-order valence-corrected chi connectivity index (χ4v) is 0.701. The van der Waals surface area contributed by atoms with Crippen molar-refractivity contribution in [3.8, 4) is 0 Å². The molecule has 3 N–H and O–H groups in total. The normalized spacial score (nSPS) is 9.91. The van der Waals surface area contributed by atoms with E-state index in [1.165, 1.54) is 0 Å². The Morgan fingerprint density at radius 3 is 2.91 bits per heavy atom. The molecule has 0 amide bonds. The summed E-state index contributed by atoms with van der Waals surface area (Å²) in [6.07, 6.45) is 0.807. The number of aromatic amines is 1. The number of nitrogens with two attached hydrogens (primary N) is 1. The molecule has 1 aromatic heterocycles. The highest BCUT2D eigenvalue weighted by Gasteiger charge is 2.04. The molecule has 1 heterocycles. The molecule has 0 unspecified atom stereocenters. The minimum atomic E-state index is 0.126. The minimum absolute atomic E-state index is 0.126. The molecule has 0 saturated heterocycles. The molecule has 5 heteroatoms. The number of rotatable bonds is 3. The molecule has 0 aliphatic rings. The molecular weight excluding hydrogens is 144 g/mol. The zero-order valence-corrected chi connectivity index (χ0v) is 6.29. The molecule has 60 valence electrons. The molecular formula is C6H10N4O. The molecule has 0 atom stereocenters. The zero-order valence-electron chi connectivity index (χ0n) is 6.29. The van der Waals surface area contributed by atoms with E-state index in [0.29, 0.717) is 18.7 Å². The van der Waals surface area contributed by atoms with Gasteiger partial charge in [-0.15, -0.1) is 5.10 Å². The van der Waals surface area contributed by atoms with Gasteiger partial charge in [0, 0.05) is 6.42 Å². The summed E-state index contributed by atoms with van der Waals surface area (Å²) in [6.45, 7) is 1.81. The fraction of sp³-hybridized carbons (Fsp3) is 0.500. The second-order valence-corrected chi connectivity index (χ2v) is 2.21. The number of nitrogens with one attached hydrogen (secondary N) is 1. The number of anilines is 1. The van der Waals surface area contributed by atoms with Crippen molar-refractivity contribution < 1.29 is 4.79 Å². The summed E-state index contributed by atoms with van der Waals surface area (Å²) in [7, 11) is 0. The van der Waals surface area contributed by atoms with Crippen LogP contribution >= 0.6 is 0 Å². The number of aromatic nitrogens is 3. The number of H-pyrrole nitrogens is 1. The number of carbonyl (C=O) groups excluding carboxylic acids is 1. The van der Waals surface area contributed by atoms with Gasteiger partial charge in [0.15, 0.2) is 0 Å². The van der Waals surface area contributed by atoms with Crippen LogP contribution in [0.2, 0.25) is 0 Å². The Balaban J connectivity index is 2.57. The number of nitrogens with zero attached hydrogens (tertiary/aromatic N) is 2. The molecule has 0 radical (unpaired) electrons. The molecule has 5 nitrogen and oxygen atoms in total. The highest BCUT2D eigenvalue weighted by atomic mass is 16.1. The lowest BCUT2D eigenvalue weighted by Gasteiger charge is -1.89. The zero-order chi connectivity index (χ0) is 8.27. The van der Waals surface area contributed by atoms with Crippen molar-refractivity contribution in [1.29, 1.82) is 0 Å². The van der Waals surface area contributed by atoms with E-state index in [2.05, 4.69) is 15.2 Å². The SMILES string of the molecule is CCC(=O)Cc1nc(N)n[nH]1. The average Bonchev–Trinajstić information content (AvgIpc) is 2.35. The van der Waals surface area contributed by atoms with Gasteiger partial charge in [0.1, 0.15) is 11.6 Å². The number of ketones is 1. The first-order valence-corrected chi connectivity index (χ1v) is 3.40. The van der Waals surface area contributed by atoms with Gasteiger partial charge in [-0.25, -0.2) is 0 Å². The maximum Gasteiger partial charge on any atom is 0.239 e. The van der Waals surface area contributed by atoms with Gasteiger partial charge in [-0.3, -0.25) is 9.89 Å². The third-order valence-corrected chi connectivity index (χ3v) is 1.31. The molecule has 0 spiro atoms. The fourth-order valence-electron chi connectivity index (χ4n) is 0.701. The van der Waals surface area contributed by atoms with Crippen LogP contribution in [-0.2, 0) is 11.2 Å². The maximum atomic E-state index is 10.9. The summed E-state index contributed by atoms with van der Waals surface area (Å²) in [5.74, 6) is 0.847. The highest BCUT2D eigenvalue weighted by Crippen LogP contribution is 1.96. The van der Waals surface area contributed by atoms with Gasteiger partial charge in [-0.05, 0) is 0 Å². The van der Waals surface area contributed by atoms with Gasteiger partial charge in [0.25, 0.3) is 0 Å². The number of Topliss-reactive ketones (excluding diaryl/α,β-unsaturated/α-hetero) is 1. The van der Waals surface area contributed by atoms with E-state index in [-0.39, 0.29) is 11.7 Å². The van der Waals surface area contributed by atoms with Crippen LogP contribution in [0.15, 0.2) is 0 Å². The van der Waals surface area contributed by atoms with E-state index >= 15 is 0 Å². The highest BCUT2D eigenvalue weighted by molar-refractivity contribution is 5.79. The summed E-state index contributed by atoms with van der Waals surface area (Å²) in [5.41, 5.74) is 5.23. The molecule has 0 saturated carbocycles. The summed E-state index contributed by atoms with van der Waals surface area (Å²) in [5, 5.41) is 6.16. The molecule has 11 heavy (non-hydrogen) atoms. The quantitative estimate of drug-likeness (QED) is 0.637. The van der Waals surface area contributed by atoms with Crippen molar-refractivity contribution in [3.05, 3.63) is 5.82 Å². The summed E-state index contributed by atoms with van der Waals surface area (Å²) in [4.78, 5) is 14.7. The maximum absolute atomic E-state index is 10.9. The third-order valence-electron chi connectivity index (χ3n) is 1.31. The van der Waals surface area contributed by atoms with Crippen molar-refractivity contribution in [2.75, 3.05) is 5.73 Å². The van der Waals surface area contributed by atoms with Crippen molar-refractivity contribution >= 4 is 11.7 Å². The standard InChI is InChI=1S/C6H10N4O/c1-2-4(11)3-5-8-6(7)10-9-5/h2-3H2,1H3,(H3,7,8,9,10). The molecule has 0 fully saturated rings. The smallest absolute Gasteiger partial charge is 0.239 e. The second-order valence-electron chi connectivity index (χ2n) is 2.21. The molecule has 0 aromatic carbocycles. The molecule has 0 aliphatic carbocycles. The minimum Gasteiger partial charge on any atom is -0.367 e. The predicted molar refractivity (Wildman–Crippen MR) is 39.8 cm³/mol. The number of hydrogen-bond acceptors (Lipinski definition) is 4. The number of carbonyl (C=O) groups is 1. The Kier molecular flexibility index (Phi) is 2.20. The van der Waals surface area contributed by atoms with E-state index in [1.807, 2.05) is 6.92 Å². The predicted octanol–water partition coefficient (Wildman–Crippen LogP) is -0.0915. The van der Waals surface area contributed by atoms with Crippen LogP contribution in [0.3, 0.4) is 0 Å². The van der Waals surface area contributed by atoms with Gasteiger partial charge in [0.05, 0.1) is 6.42 Å². The van der Waals surface area contributed by atoms with Crippen molar-refractivity contribution in [3.63, 3.8) is 0 Å². The van der Waals surface area contributed by atoms with Crippen molar-refractivity contribution in [1.82, 2.24) is 15.2 Å². The lowest BCUT2D eigenvalue weighted by atomic mass is 10.2. The summed E-state index contributed by atoms with van der Waals surface area (Å²) in [6, 6.07) is 0. The number of nitrogen functional groups attached to an aromatic ring is 1. The Morgan fingerprint density at radius 1 is 1.73 bits per heavy atom. The first kappa shape index (κ1) is 7.71. The third kappa shape index (κ3) is 2.03. The van der Waals surface area contributed by atoms with Gasteiger partial charge in [-0.2, -0.15) is 4.98 Å². The van der Waals surface area contributed by atoms with Gasteiger partial charge >= 0.3 is 0 Å². The lowest BCUT2D eigenvalue weighted by Crippen LogP contribution is -2.02. The Labute approximate surface area is 64.0 Å². The first-order chi connectivity index (χ1) is 5.22. The van der Waals surface area contributed by atoms with Gasteiger partial charge in [0.2, 0.25) is 5.95 Å². The molecule has 0 aliphatic heterocycles. The van der Waals surface area contributed by atoms with E-state index in [9.17, 15) is 4.79 Å². The topological polar surface area (TPSA) is 84.7 Å². The molecule has 1 rings (SSSR count). The van der Waals surface area contributed by atoms with E-state index in [4.69, 9.17) is 5.73 Å². The Hall–Kier alpha value is -1.39. The molecule has 1 aromatic rings. The largest absolute Gasteiger partial charge is 0.367 e. The monoisotopic (exact) mass is 154 g/mol. The van der Waals surface area contributed by atoms with Gasteiger partial charge in [-0.1, -0.05) is 6.92 Å². The average molecular weight is 154 g/mol. The lowest BCUT2D eigenvalue weighted by molar-refractivity contribution is -0.118. The van der Waals surface area contributed by atoms with Gasteiger partial charge < -0.3 is 5.73 Å². The van der Waals surface area contributed by atoms with E-state index < -0.39 is 0 Å². The molecule has 0 bridgehead atoms. The summed E-state index contributed by atoms with van der Waals surface area (Å²) >= 11 is 0. The van der Waals surface area contributed by atoms with E-state index in [0.717, 1.165) is 0 Å². The van der Waals surface area contributed by atoms with E-state index in [1.54, 1.807) is 0 Å². The first-order valence-electron chi connectivity index (χ1n) is 3.40. The van der Waals surface area contributed by atoms with Crippen LogP contribution in [0.1, 0.15) is 19.2 Å².